The van der Waals surface area contributed by atoms with Crippen molar-refractivity contribution in [2.45, 2.75) is 26.2 Å². The topological polar surface area (TPSA) is 123 Å². The van der Waals surface area contributed by atoms with E-state index in [4.69, 9.17) is 10.7 Å². The van der Waals surface area contributed by atoms with E-state index in [0.717, 1.165) is 25.4 Å². The summed E-state index contributed by atoms with van der Waals surface area (Å²) in [5.41, 5.74) is 9.19. The van der Waals surface area contributed by atoms with Crippen LogP contribution < -0.4 is 5.73 Å². The third-order valence-electron chi connectivity index (χ3n) is 4.90. The van der Waals surface area contributed by atoms with Gasteiger partial charge in [0.1, 0.15) is 11.3 Å². The normalized spacial score (nSPS) is 12.7. The molecule has 0 aliphatic carbocycles. The Morgan fingerprint density at radius 3 is 2.29 bits per heavy atom. The van der Waals surface area contributed by atoms with Crippen LogP contribution in [0.2, 0.25) is 0 Å². The van der Waals surface area contributed by atoms with Gasteiger partial charge in [-0.1, -0.05) is 51.1 Å². The van der Waals surface area contributed by atoms with E-state index in [2.05, 4.69) is 35.7 Å². The van der Waals surface area contributed by atoms with Crippen molar-refractivity contribution >= 4 is 27.3 Å². The summed E-state index contributed by atoms with van der Waals surface area (Å²) in [7, 11) is -1.03. The molecule has 10 heteroatoms. The first-order valence-electron chi connectivity index (χ1n) is 9.74. The predicted molar refractivity (Wildman–Crippen MR) is 122 cm³/mol. The van der Waals surface area contributed by atoms with Gasteiger partial charge in [-0.05, 0) is 12.1 Å². The first-order valence-corrected chi connectivity index (χ1v) is 11.1. The van der Waals surface area contributed by atoms with E-state index in [1.54, 1.807) is 12.1 Å². The fourth-order valence-corrected chi connectivity index (χ4v) is 4.16. The quantitative estimate of drug-likeness (QED) is 0.504. The summed E-state index contributed by atoms with van der Waals surface area (Å²) in [6.07, 6.45) is 0. The number of nitrogen functional groups attached to an aromatic ring is 1. The summed E-state index contributed by atoms with van der Waals surface area (Å²) in [4.78, 5) is 17.0. The molecule has 0 spiro atoms. The van der Waals surface area contributed by atoms with Crippen molar-refractivity contribution in [1.82, 2.24) is 28.2 Å². The molecule has 0 aliphatic heterocycles. The van der Waals surface area contributed by atoms with Gasteiger partial charge in [-0.15, -0.1) is 0 Å². The van der Waals surface area contributed by atoms with Crippen LogP contribution in [0.5, 0.6) is 0 Å². The minimum Gasteiger partial charge on any atom is -0.368 e. The molecule has 0 bridgehead atoms. The number of aromatic nitrogens is 5. The van der Waals surface area contributed by atoms with Gasteiger partial charge in [-0.2, -0.15) is 16.7 Å². The molecule has 4 rings (SSSR count). The average Bonchev–Trinajstić information content (AvgIpc) is 3.29. The maximum atomic E-state index is 12.8. The van der Waals surface area contributed by atoms with Crippen LogP contribution in [0.25, 0.3) is 33.8 Å². The minimum absolute atomic E-state index is 0.142. The highest BCUT2D eigenvalue weighted by Gasteiger charge is 2.26. The molecule has 4 aromatic rings. The lowest BCUT2D eigenvalue weighted by atomic mass is 9.96. The van der Waals surface area contributed by atoms with Crippen LogP contribution in [0.15, 0.2) is 42.5 Å². The van der Waals surface area contributed by atoms with Crippen LogP contribution in [0.4, 0.5) is 5.95 Å². The van der Waals surface area contributed by atoms with Gasteiger partial charge in [0.05, 0.1) is 17.1 Å². The highest BCUT2D eigenvalue weighted by molar-refractivity contribution is 7.87. The second-order valence-electron chi connectivity index (χ2n) is 8.49. The second kappa shape index (κ2) is 7.17. The zero-order valence-electron chi connectivity index (χ0n) is 18.1. The smallest absolute Gasteiger partial charge is 0.311 e. The molecular weight excluding hydrogens is 414 g/mol. The van der Waals surface area contributed by atoms with Gasteiger partial charge in [-0.3, -0.25) is 0 Å². The van der Waals surface area contributed by atoms with Gasteiger partial charge in [0.2, 0.25) is 5.95 Å². The van der Waals surface area contributed by atoms with Gasteiger partial charge in [0, 0.05) is 25.1 Å². The number of benzene rings is 1. The number of hydrogen-bond donors (Lipinski definition) is 2. The number of H-pyrrole nitrogens is 1. The van der Waals surface area contributed by atoms with Crippen LogP contribution in [0, 0.1) is 0 Å². The van der Waals surface area contributed by atoms with Crippen LogP contribution in [-0.4, -0.2) is 50.7 Å². The standard InChI is InChI=1S/C21H25N7O2S/c1-21(2,3)19-25-16(13-9-7-6-8-10-13)17(26-19)14-11-12-15-18(23-14)28(20(22)24-15)31(29,30)27(4)5/h6-12H,1-5H3,(H2,22,24)(H,25,26). The lowest BCUT2D eigenvalue weighted by Gasteiger charge is -2.14. The first-order chi connectivity index (χ1) is 14.5. The van der Waals surface area contributed by atoms with Crippen molar-refractivity contribution in [2.24, 2.45) is 0 Å². The molecule has 0 saturated heterocycles. The maximum Gasteiger partial charge on any atom is 0.311 e. The number of nitrogens with zero attached hydrogens (tertiary/aromatic N) is 5. The average molecular weight is 440 g/mol. The Morgan fingerprint density at radius 1 is 1.00 bits per heavy atom. The van der Waals surface area contributed by atoms with Crippen molar-refractivity contribution in [3.8, 4) is 22.6 Å². The first kappa shape index (κ1) is 21.0. The number of anilines is 1. The van der Waals surface area contributed by atoms with Crippen LogP contribution in [-0.2, 0) is 15.6 Å². The number of nitrogens with one attached hydrogen (secondary N) is 1. The van der Waals surface area contributed by atoms with E-state index in [1.807, 2.05) is 30.3 Å². The summed E-state index contributed by atoms with van der Waals surface area (Å²) >= 11 is 0. The number of nitrogens with two attached hydrogens (primary N) is 1. The van der Waals surface area contributed by atoms with E-state index < -0.39 is 10.2 Å². The van der Waals surface area contributed by atoms with Gasteiger partial charge in [0.15, 0.2) is 5.65 Å². The fourth-order valence-electron chi connectivity index (χ4n) is 3.20. The largest absolute Gasteiger partial charge is 0.368 e. The molecule has 3 N–H and O–H groups in total. The third kappa shape index (κ3) is 3.57. The van der Waals surface area contributed by atoms with Gasteiger partial charge in [0.25, 0.3) is 0 Å². The molecule has 3 heterocycles. The van der Waals surface area contributed by atoms with Crippen molar-refractivity contribution in [1.29, 1.82) is 0 Å². The molecular formula is C21H25N7O2S. The number of imidazole rings is 2. The number of aromatic amines is 1. The molecule has 0 saturated carbocycles. The number of hydrogen-bond acceptors (Lipinski definition) is 6. The van der Waals surface area contributed by atoms with E-state index in [9.17, 15) is 8.42 Å². The van der Waals surface area contributed by atoms with Crippen LogP contribution in [0.3, 0.4) is 0 Å². The van der Waals surface area contributed by atoms with Gasteiger partial charge >= 0.3 is 10.2 Å². The molecule has 0 fully saturated rings. The molecule has 1 aromatic carbocycles. The van der Waals surface area contributed by atoms with E-state index >= 15 is 0 Å². The predicted octanol–water partition coefficient (Wildman–Crippen LogP) is 3.02. The number of rotatable bonds is 4. The van der Waals surface area contributed by atoms with E-state index in [0.29, 0.717) is 16.9 Å². The van der Waals surface area contributed by atoms with Crippen molar-refractivity contribution in [3.63, 3.8) is 0 Å². The molecule has 0 aliphatic rings. The third-order valence-corrected chi connectivity index (χ3v) is 6.64. The minimum atomic E-state index is -3.90. The van der Waals surface area contributed by atoms with E-state index in [1.165, 1.54) is 14.1 Å². The van der Waals surface area contributed by atoms with Gasteiger partial charge < -0.3 is 10.7 Å². The highest BCUT2D eigenvalue weighted by Crippen LogP contribution is 2.33. The van der Waals surface area contributed by atoms with Crippen molar-refractivity contribution in [2.75, 3.05) is 19.8 Å². The molecule has 0 unspecified atom stereocenters. The molecule has 0 radical (unpaired) electrons. The van der Waals surface area contributed by atoms with E-state index in [-0.39, 0.29) is 17.0 Å². The number of fused-ring (bicyclic) bond motifs is 1. The molecule has 31 heavy (non-hydrogen) atoms. The van der Waals surface area contributed by atoms with Gasteiger partial charge in [-0.25, -0.2) is 15.0 Å². The Labute approximate surface area is 181 Å². The molecule has 0 amide bonds. The molecule has 9 nitrogen and oxygen atoms in total. The summed E-state index contributed by atoms with van der Waals surface area (Å²) < 4.78 is 27.6. The Kier molecular flexibility index (Phi) is 4.86. The summed E-state index contributed by atoms with van der Waals surface area (Å²) in [5.74, 6) is 0.661. The lowest BCUT2D eigenvalue weighted by Crippen LogP contribution is -2.29. The molecule has 162 valence electrons. The SMILES string of the molecule is CN(C)S(=O)(=O)n1c(N)nc2ccc(-c3[nH]c(C(C)(C)C)nc3-c3ccccc3)nc21. The van der Waals surface area contributed by atoms with Crippen LogP contribution >= 0.6 is 0 Å². The lowest BCUT2D eigenvalue weighted by molar-refractivity contribution is 0.513. The Hall–Kier alpha value is -3.24. The van der Waals surface area contributed by atoms with Crippen molar-refractivity contribution < 1.29 is 8.42 Å². The second-order valence-corrected chi connectivity index (χ2v) is 10.5. The summed E-state index contributed by atoms with van der Waals surface area (Å²) in [6, 6.07) is 13.3. The summed E-state index contributed by atoms with van der Waals surface area (Å²) in [6.45, 7) is 6.21. The van der Waals surface area contributed by atoms with Crippen molar-refractivity contribution in [3.05, 3.63) is 48.3 Å². The molecule has 0 atom stereocenters. The monoisotopic (exact) mass is 439 g/mol. The van der Waals surface area contributed by atoms with Crippen LogP contribution in [0.1, 0.15) is 26.6 Å². The number of pyridine rings is 1. The highest BCUT2D eigenvalue weighted by atomic mass is 32.2. The Balaban J connectivity index is 1.99. The summed E-state index contributed by atoms with van der Waals surface area (Å²) in [5, 5.41) is 0. The zero-order chi connectivity index (χ0) is 22.6. The zero-order valence-corrected chi connectivity index (χ0v) is 18.9. The maximum absolute atomic E-state index is 12.8. The Morgan fingerprint density at radius 2 is 1.68 bits per heavy atom. The Bertz CT molecular complexity index is 1360. The fraction of sp³-hybridized carbons (Fsp3) is 0.286. The molecule has 3 aromatic heterocycles.